The Labute approximate surface area is 105 Å². The second-order valence-corrected chi connectivity index (χ2v) is 6.05. The summed E-state index contributed by atoms with van der Waals surface area (Å²) < 4.78 is 0. The molecule has 1 aliphatic heterocycles. The lowest BCUT2D eigenvalue weighted by molar-refractivity contribution is 0.157. The largest absolute Gasteiger partial charge is 0.312 e. The molecule has 0 aromatic carbocycles. The number of nitrogens with one attached hydrogen (secondary N) is 1. The number of hydrogen-bond donors (Lipinski definition) is 1. The second-order valence-electron chi connectivity index (χ2n) is 6.05. The first-order chi connectivity index (χ1) is 8.43. The Kier molecular flexibility index (Phi) is 3.82. The van der Waals surface area contributed by atoms with E-state index in [9.17, 15) is 0 Å². The van der Waals surface area contributed by atoms with Crippen molar-refractivity contribution in [2.24, 2.45) is 11.8 Å². The van der Waals surface area contributed by atoms with Gasteiger partial charge in [-0.1, -0.05) is 25.0 Å². The van der Waals surface area contributed by atoms with E-state index in [0.717, 1.165) is 17.9 Å². The molecule has 0 radical (unpaired) electrons. The van der Waals surface area contributed by atoms with Crippen LogP contribution in [0, 0.1) is 11.8 Å². The molecule has 2 nitrogen and oxygen atoms in total. The molecule has 1 heterocycles. The lowest BCUT2D eigenvalue weighted by Crippen LogP contribution is -2.50. The average Bonchev–Trinajstić information content (AvgIpc) is 2.54. The summed E-state index contributed by atoms with van der Waals surface area (Å²) in [5.74, 6) is 1.87. The number of fused-ring (bicyclic) bond motifs is 1. The number of rotatable bonds is 4. The van der Waals surface area contributed by atoms with Crippen molar-refractivity contribution in [1.82, 2.24) is 10.2 Å². The molecule has 1 saturated carbocycles. The van der Waals surface area contributed by atoms with Gasteiger partial charge in [0.05, 0.1) is 0 Å². The second kappa shape index (κ2) is 5.53. The van der Waals surface area contributed by atoms with E-state index >= 15 is 0 Å². The molecule has 2 aliphatic carbocycles. The lowest BCUT2D eigenvalue weighted by Gasteiger charge is -2.41. The van der Waals surface area contributed by atoms with Crippen molar-refractivity contribution in [3.63, 3.8) is 0 Å². The molecule has 0 bridgehead atoms. The quantitative estimate of drug-likeness (QED) is 0.752. The van der Waals surface area contributed by atoms with Gasteiger partial charge in [-0.3, -0.25) is 0 Å². The normalized spacial score (nSPS) is 37.5. The fraction of sp³-hybridized carbons (Fsp3) is 0.867. The van der Waals surface area contributed by atoms with E-state index in [4.69, 9.17) is 0 Å². The summed E-state index contributed by atoms with van der Waals surface area (Å²) in [4.78, 5) is 2.65. The van der Waals surface area contributed by atoms with Gasteiger partial charge in [-0.25, -0.2) is 0 Å². The van der Waals surface area contributed by atoms with E-state index in [2.05, 4.69) is 22.4 Å². The van der Waals surface area contributed by atoms with Gasteiger partial charge in [0.15, 0.2) is 0 Å². The molecular formula is C15H26N2. The van der Waals surface area contributed by atoms with Crippen molar-refractivity contribution in [2.45, 2.75) is 44.6 Å². The maximum Gasteiger partial charge on any atom is 0.0136 e. The Balaban J connectivity index is 1.33. The van der Waals surface area contributed by atoms with Crippen molar-refractivity contribution in [3.8, 4) is 0 Å². The molecule has 3 aliphatic rings. The highest BCUT2D eigenvalue weighted by molar-refractivity contribution is 5.12. The van der Waals surface area contributed by atoms with Crippen LogP contribution < -0.4 is 5.32 Å². The zero-order valence-electron chi connectivity index (χ0n) is 10.9. The molecule has 1 N–H and O–H groups in total. The molecule has 1 saturated heterocycles. The number of likely N-dealkylation sites (tertiary alicyclic amines) is 1. The number of allylic oxidation sites excluding steroid dienone is 1. The third-order valence-electron chi connectivity index (χ3n) is 4.90. The highest BCUT2D eigenvalue weighted by Crippen LogP contribution is 2.42. The minimum Gasteiger partial charge on any atom is -0.312 e. The Morgan fingerprint density at radius 3 is 2.71 bits per heavy atom. The van der Waals surface area contributed by atoms with Gasteiger partial charge in [-0.05, 0) is 50.6 Å². The van der Waals surface area contributed by atoms with Crippen LogP contribution in [0.1, 0.15) is 38.5 Å². The van der Waals surface area contributed by atoms with Crippen LogP contribution in [0.15, 0.2) is 12.2 Å². The molecule has 2 fully saturated rings. The van der Waals surface area contributed by atoms with Crippen LogP contribution in [0.25, 0.3) is 0 Å². The molecule has 96 valence electrons. The zero-order chi connectivity index (χ0) is 11.5. The van der Waals surface area contributed by atoms with Crippen LogP contribution in [0.2, 0.25) is 0 Å². The summed E-state index contributed by atoms with van der Waals surface area (Å²) in [5.41, 5.74) is 0. The van der Waals surface area contributed by atoms with Crippen LogP contribution >= 0.6 is 0 Å². The van der Waals surface area contributed by atoms with Crippen LogP contribution in [-0.4, -0.2) is 37.1 Å². The Morgan fingerprint density at radius 2 is 1.94 bits per heavy atom. The SMILES string of the molecule is C1=CC2C(C1)CC2NCCN1CCCCCC1. The summed E-state index contributed by atoms with van der Waals surface area (Å²) in [7, 11) is 0. The fourth-order valence-electron chi connectivity index (χ4n) is 3.72. The first-order valence-electron chi connectivity index (χ1n) is 7.56. The summed E-state index contributed by atoms with van der Waals surface area (Å²) >= 11 is 0. The Hall–Kier alpha value is -0.340. The van der Waals surface area contributed by atoms with Crippen LogP contribution in [0.3, 0.4) is 0 Å². The Bertz CT molecular complexity index is 266. The average molecular weight is 234 g/mol. The van der Waals surface area contributed by atoms with E-state index in [1.807, 2.05) is 0 Å². The van der Waals surface area contributed by atoms with Gasteiger partial charge in [-0.2, -0.15) is 0 Å². The van der Waals surface area contributed by atoms with E-state index in [-0.39, 0.29) is 0 Å². The van der Waals surface area contributed by atoms with Crippen LogP contribution in [-0.2, 0) is 0 Å². The third-order valence-corrected chi connectivity index (χ3v) is 4.90. The van der Waals surface area contributed by atoms with Gasteiger partial charge in [0.25, 0.3) is 0 Å². The lowest BCUT2D eigenvalue weighted by atomic mass is 9.71. The standard InChI is InChI=1S/C15H26N2/c1-2-4-10-17(9-3-1)11-8-16-15-12-13-6-5-7-14(13)15/h5,7,13-16H,1-4,6,8-12H2. The summed E-state index contributed by atoms with van der Waals surface area (Å²) in [6.07, 6.45) is 13.3. The zero-order valence-corrected chi connectivity index (χ0v) is 10.9. The van der Waals surface area contributed by atoms with Gasteiger partial charge in [-0.15, -0.1) is 0 Å². The van der Waals surface area contributed by atoms with Crippen molar-refractivity contribution in [2.75, 3.05) is 26.2 Å². The Morgan fingerprint density at radius 1 is 1.12 bits per heavy atom. The molecule has 0 spiro atoms. The van der Waals surface area contributed by atoms with Gasteiger partial charge < -0.3 is 10.2 Å². The van der Waals surface area contributed by atoms with Gasteiger partial charge >= 0.3 is 0 Å². The van der Waals surface area contributed by atoms with Crippen molar-refractivity contribution < 1.29 is 0 Å². The number of hydrogen-bond acceptors (Lipinski definition) is 2. The van der Waals surface area contributed by atoms with E-state index in [1.54, 1.807) is 0 Å². The summed E-state index contributed by atoms with van der Waals surface area (Å²) in [6, 6.07) is 0.797. The van der Waals surface area contributed by atoms with Crippen molar-refractivity contribution in [1.29, 1.82) is 0 Å². The predicted octanol–water partition coefficient (Wildman–Crippen LogP) is 2.42. The van der Waals surface area contributed by atoms with Gasteiger partial charge in [0.2, 0.25) is 0 Å². The van der Waals surface area contributed by atoms with E-state index < -0.39 is 0 Å². The minimum absolute atomic E-state index is 0.797. The van der Waals surface area contributed by atoms with Gasteiger partial charge in [0.1, 0.15) is 0 Å². The highest BCUT2D eigenvalue weighted by Gasteiger charge is 2.40. The predicted molar refractivity (Wildman–Crippen MR) is 72.1 cm³/mol. The molecule has 17 heavy (non-hydrogen) atoms. The number of nitrogens with zero attached hydrogens (tertiary/aromatic N) is 1. The maximum atomic E-state index is 3.77. The molecule has 3 rings (SSSR count). The monoisotopic (exact) mass is 234 g/mol. The van der Waals surface area contributed by atoms with E-state index in [0.29, 0.717) is 0 Å². The van der Waals surface area contributed by atoms with E-state index in [1.165, 1.54) is 64.7 Å². The summed E-state index contributed by atoms with van der Waals surface area (Å²) in [5, 5.41) is 3.77. The maximum absolute atomic E-state index is 3.77. The van der Waals surface area contributed by atoms with Crippen molar-refractivity contribution in [3.05, 3.63) is 12.2 Å². The molecular weight excluding hydrogens is 208 g/mol. The fourth-order valence-corrected chi connectivity index (χ4v) is 3.72. The molecule has 0 amide bonds. The van der Waals surface area contributed by atoms with Crippen molar-refractivity contribution >= 4 is 0 Å². The first kappa shape index (κ1) is 11.7. The topological polar surface area (TPSA) is 15.3 Å². The molecule has 3 atom stereocenters. The molecule has 0 aromatic heterocycles. The van der Waals surface area contributed by atoms with Crippen LogP contribution in [0.5, 0.6) is 0 Å². The van der Waals surface area contributed by atoms with Gasteiger partial charge in [0, 0.05) is 19.1 Å². The first-order valence-corrected chi connectivity index (χ1v) is 7.56. The molecule has 0 aromatic rings. The molecule has 2 heteroatoms. The molecule has 3 unspecified atom stereocenters. The summed E-state index contributed by atoms with van der Waals surface area (Å²) in [6.45, 7) is 5.12. The third kappa shape index (κ3) is 2.74. The highest BCUT2D eigenvalue weighted by atomic mass is 15.1. The minimum atomic E-state index is 0.797. The van der Waals surface area contributed by atoms with Crippen LogP contribution in [0.4, 0.5) is 0 Å². The smallest absolute Gasteiger partial charge is 0.0136 e.